The van der Waals surface area contributed by atoms with Gasteiger partial charge in [0, 0.05) is 32.1 Å². The van der Waals surface area contributed by atoms with Crippen molar-refractivity contribution in [2.75, 3.05) is 4.90 Å². The highest BCUT2D eigenvalue weighted by atomic mass is 32.1. The third-order valence-electron chi connectivity index (χ3n) is 12.9. The SMILES string of the molecule is CC1(C)CCC(C)(C)c2c(-c3cc4c(cc3N(c3ccc(-c5ccccc5)cc3)c3cccc5c3sc3ccccc35)C(C)(C)c3ccccc3-4)cccc21. The van der Waals surface area contributed by atoms with Crippen molar-refractivity contribution in [3.05, 3.63) is 174 Å². The van der Waals surface area contributed by atoms with Gasteiger partial charge in [0.2, 0.25) is 0 Å². The Morgan fingerprint density at radius 2 is 1.09 bits per heavy atom. The molecule has 0 amide bonds. The maximum Gasteiger partial charge on any atom is 0.0640 e. The van der Waals surface area contributed by atoms with E-state index in [1.807, 2.05) is 11.3 Å². The molecule has 2 aliphatic carbocycles. The molecule has 1 nitrogen and oxygen atoms in total. The fourth-order valence-electron chi connectivity index (χ4n) is 9.84. The first-order valence-corrected chi connectivity index (χ1v) is 20.6. The molecule has 1 aromatic heterocycles. The largest absolute Gasteiger partial charge is 0.308 e. The summed E-state index contributed by atoms with van der Waals surface area (Å²) in [5.41, 5.74) is 17.1. The number of hydrogen-bond donors (Lipinski definition) is 0. The van der Waals surface area contributed by atoms with Crippen LogP contribution in [0.3, 0.4) is 0 Å². The molecule has 10 rings (SSSR count). The average molecular weight is 730 g/mol. The third kappa shape index (κ3) is 5.25. The Morgan fingerprint density at radius 3 is 1.91 bits per heavy atom. The van der Waals surface area contributed by atoms with Gasteiger partial charge in [-0.2, -0.15) is 0 Å². The summed E-state index contributed by atoms with van der Waals surface area (Å²) in [5, 5.41) is 2.62. The van der Waals surface area contributed by atoms with Crippen LogP contribution in [-0.4, -0.2) is 0 Å². The zero-order valence-electron chi connectivity index (χ0n) is 32.7. The van der Waals surface area contributed by atoms with Crippen molar-refractivity contribution in [2.24, 2.45) is 0 Å². The van der Waals surface area contributed by atoms with Crippen LogP contribution in [0.15, 0.2) is 152 Å². The smallest absolute Gasteiger partial charge is 0.0640 e. The summed E-state index contributed by atoms with van der Waals surface area (Å²) >= 11 is 1.90. The minimum atomic E-state index is -0.150. The topological polar surface area (TPSA) is 3.24 Å². The molecule has 0 saturated carbocycles. The molecule has 2 heteroatoms. The second-order valence-corrected chi connectivity index (χ2v) is 18.6. The molecule has 0 unspecified atom stereocenters. The van der Waals surface area contributed by atoms with Gasteiger partial charge in [0.25, 0.3) is 0 Å². The van der Waals surface area contributed by atoms with Gasteiger partial charge in [0.15, 0.2) is 0 Å². The van der Waals surface area contributed by atoms with E-state index in [2.05, 4.69) is 198 Å². The molecule has 0 aliphatic heterocycles. The minimum Gasteiger partial charge on any atom is -0.308 e. The molecule has 0 atom stereocenters. The number of nitrogens with zero attached hydrogens (tertiary/aromatic N) is 1. The molecule has 270 valence electrons. The minimum absolute atomic E-state index is 0.0303. The molecular weight excluding hydrogens is 683 g/mol. The zero-order valence-corrected chi connectivity index (χ0v) is 33.5. The van der Waals surface area contributed by atoms with E-state index in [0.29, 0.717) is 0 Å². The first-order chi connectivity index (χ1) is 26.5. The van der Waals surface area contributed by atoms with Crippen molar-refractivity contribution in [1.29, 1.82) is 0 Å². The van der Waals surface area contributed by atoms with Crippen LogP contribution in [0, 0.1) is 0 Å². The zero-order chi connectivity index (χ0) is 37.7. The lowest BCUT2D eigenvalue weighted by atomic mass is 9.61. The molecule has 0 radical (unpaired) electrons. The molecule has 55 heavy (non-hydrogen) atoms. The number of anilines is 3. The highest BCUT2D eigenvalue weighted by Crippen LogP contribution is 2.57. The van der Waals surface area contributed by atoms with Gasteiger partial charge in [0.1, 0.15) is 0 Å². The van der Waals surface area contributed by atoms with E-state index < -0.39 is 0 Å². The summed E-state index contributed by atoms with van der Waals surface area (Å²) in [7, 11) is 0. The number of benzene rings is 7. The van der Waals surface area contributed by atoms with Crippen molar-refractivity contribution in [2.45, 2.75) is 70.6 Å². The van der Waals surface area contributed by atoms with Crippen LogP contribution in [0.5, 0.6) is 0 Å². The van der Waals surface area contributed by atoms with Crippen LogP contribution in [-0.2, 0) is 16.2 Å². The number of rotatable bonds is 5. The Balaban J connectivity index is 1.32. The molecular formula is C53H47NS. The highest BCUT2D eigenvalue weighted by Gasteiger charge is 2.41. The summed E-state index contributed by atoms with van der Waals surface area (Å²) in [6.07, 6.45) is 2.34. The monoisotopic (exact) mass is 729 g/mol. The second-order valence-electron chi connectivity index (χ2n) is 17.6. The Hall–Kier alpha value is -5.44. The lowest BCUT2D eigenvalue weighted by Crippen LogP contribution is -2.34. The van der Waals surface area contributed by atoms with E-state index in [-0.39, 0.29) is 16.2 Å². The summed E-state index contributed by atoms with van der Waals surface area (Å²) in [4.78, 5) is 2.58. The first kappa shape index (κ1) is 34.1. The van der Waals surface area contributed by atoms with Crippen LogP contribution in [0.2, 0.25) is 0 Å². The van der Waals surface area contributed by atoms with Gasteiger partial charge in [-0.05, 0) is 110 Å². The van der Waals surface area contributed by atoms with Crippen molar-refractivity contribution < 1.29 is 0 Å². The quantitative estimate of drug-likeness (QED) is 0.170. The molecule has 8 aromatic rings. The van der Waals surface area contributed by atoms with Crippen molar-refractivity contribution >= 4 is 48.6 Å². The lowest BCUT2D eigenvalue weighted by Gasteiger charge is -2.43. The van der Waals surface area contributed by atoms with Gasteiger partial charge in [-0.1, -0.05) is 157 Å². The number of fused-ring (bicyclic) bond motifs is 7. The fourth-order valence-corrected chi connectivity index (χ4v) is 11.0. The van der Waals surface area contributed by atoms with Gasteiger partial charge in [-0.15, -0.1) is 11.3 Å². The fraction of sp³-hybridized carbons (Fsp3) is 0.208. The Bertz CT molecular complexity index is 2780. The van der Waals surface area contributed by atoms with Gasteiger partial charge in [-0.3, -0.25) is 0 Å². The molecule has 0 N–H and O–H groups in total. The molecule has 2 aliphatic rings. The van der Waals surface area contributed by atoms with Crippen LogP contribution >= 0.6 is 11.3 Å². The Morgan fingerprint density at radius 1 is 0.455 bits per heavy atom. The van der Waals surface area contributed by atoms with E-state index in [4.69, 9.17) is 0 Å². The van der Waals surface area contributed by atoms with Gasteiger partial charge in [0.05, 0.1) is 16.1 Å². The standard InChI is InChI=1S/C53H47NS/c1-51(2)30-31-52(3,4)49-39(20-14-23-44(49)51)42-32-41-37-18-10-12-22-43(37)53(5,6)45(41)33-47(42)54(36-28-26-35(27-29-36)34-16-8-7-9-17-34)46-24-15-21-40-38-19-11-13-25-48(38)55-50(40)46/h7-29,32-33H,30-31H2,1-6H3. The lowest BCUT2D eigenvalue weighted by molar-refractivity contribution is 0.333. The van der Waals surface area contributed by atoms with Crippen LogP contribution < -0.4 is 4.90 Å². The second kappa shape index (κ2) is 12.3. The molecule has 1 heterocycles. The number of thiophene rings is 1. The maximum atomic E-state index is 2.58. The number of hydrogen-bond acceptors (Lipinski definition) is 2. The van der Waals surface area contributed by atoms with Crippen LogP contribution in [0.4, 0.5) is 17.1 Å². The Labute approximate surface area is 329 Å². The predicted octanol–water partition coefficient (Wildman–Crippen LogP) is 15.5. The highest BCUT2D eigenvalue weighted by molar-refractivity contribution is 7.26. The molecule has 7 aromatic carbocycles. The molecule has 0 fully saturated rings. The van der Waals surface area contributed by atoms with Crippen LogP contribution in [0.25, 0.3) is 53.6 Å². The van der Waals surface area contributed by atoms with Crippen LogP contribution in [0.1, 0.15) is 76.6 Å². The van der Waals surface area contributed by atoms with Gasteiger partial charge < -0.3 is 4.90 Å². The van der Waals surface area contributed by atoms with E-state index in [1.54, 1.807) is 0 Å². The summed E-state index contributed by atoms with van der Waals surface area (Å²) < 4.78 is 2.62. The van der Waals surface area contributed by atoms with Crippen molar-refractivity contribution in [3.63, 3.8) is 0 Å². The van der Waals surface area contributed by atoms with E-state index in [1.165, 1.54) is 93.6 Å². The third-order valence-corrected chi connectivity index (χ3v) is 14.1. The average Bonchev–Trinajstić information content (AvgIpc) is 3.69. The maximum absolute atomic E-state index is 2.58. The van der Waals surface area contributed by atoms with E-state index >= 15 is 0 Å². The molecule has 0 saturated heterocycles. The van der Waals surface area contributed by atoms with Crippen molar-refractivity contribution in [3.8, 4) is 33.4 Å². The molecule has 0 bridgehead atoms. The van der Waals surface area contributed by atoms with E-state index in [9.17, 15) is 0 Å². The normalized spacial score (nSPS) is 16.1. The Kier molecular flexibility index (Phi) is 7.61. The summed E-state index contributed by atoms with van der Waals surface area (Å²) in [6.45, 7) is 14.6. The molecule has 0 spiro atoms. The van der Waals surface area contributed by atoms with Crippen molar-refractivity contribution in [1.82, 2.24) is 0 Å². The summed E-state index contributed by atoms with van der Waals surface area (Å²) in [5.74, 6) is 0. The van der Waals surface area contributed by atoms with Gasteiger partial charge >= 0.3 is 0 Å². The van der Waals surface area contributed by atoms with Gasteiger partial charge in [-0.25, -0.2) is 0 Å². The first-order valence-electron chi connectivity index (χ1n) is 19.8. The van der Waals surface area contributed by atoms with E-state index in [0.717, 1.165) is 12.1 Å². The summed E-state index contributed by atoms with van der Waals surface area (Å²) in [6, 6.07) is 57.1. The predicted molar refractivity (Wildman–Crippen MR) is 238 cm³/mol.